The first-order valence-corrected chi connectivity index (χ1v) is 6.72. The van der Waals surface area contributed by atoms with E-state index >= 15 is 0 Å². The molecule has 1 aliphatic carbocycles. The van der Waals surface area contributed by atoms with Crippen molar-refractivity contribution in [1.29, 1.82) is 0 Å². The van der Waals surface area contributed by atoms with Crippen molar-refractivity contribution in [3.8, 4) is 0 Å². The number of hydrogen-bond donors (Lipinski definition) is 2. The van der Waals surface area contributed by atoms with E-state index in [2.05, 4.69) is 0 Å². The molecule has 2 N–H and O–H groups in total. The van der Waals surface area contributed by atoms with Gasteiger partial charge in [-0.3, -0.25) is 4.79 Å². The smallest absolute Gasteiger partial charge is 0.334 e. The molecule has 0 aromatic carbocycles. The lowest BCUT2D eigenvalue weighted by atomic mass is 9.72. The number of rotatable bonds is 3. The Morgan fingerprint density at radius 1 is 1.42 bits per heavy atom. The molecule has 0 aromatic rings. The Kier molecular flexibility index (Phi) is 3.94. The van der Waals surface area contributed by atoms with Crippen LogP contribution in [0.15, 0.2) is 11.1 Å². The standard InChI is InChI=1S/C14H20O5/c1-7-9-3-5-11(15)8(2)13(9)19-14(18)10(7)4-6-12(16)17/h8-9,11,13,15H,3-6H2,1-2H3,(H,16,17). The van der Waals surface area contributed by atoms with Crippen LogP contribution >= 0.6 is 0 Å². The van der Waals surface area contributed by atoms with Crippen molar-refractivity contribution in [3.63, 3.8) is 0 Å². The van der Waals surface area contributed by atoms with E-state index in [1.165, 1.54) is 0 Å². The molecule has 19 heavy (non-hydrogen) atoms. The van der Waals surface area contributed by atoms with Crippen LogP contribution in [-0.2, 0) is 14.3 Å². The van der Waals surface area contributed by atoms with Gasteiger partial charge >= 0.3 is 11.9 Å². The van der Waals surface area contributed by atoms with Crippen LogP contribution in [0.5, 0.6) is 0 Å². The zero-order valence-electron chi connectivity index (χ0n) is 11.3. The average molecular weight is 268 g/mol. The van der Waals surface area contributed by atoms with Crippen molar-refractivity contribution in [2.75, 3.05) is 0 Å². The zero-order valence-corrected chi connectivity index (χ0v) is 11.3. The van der Waals surface area contributed by atoms with Gasteiger partial charge in [-0.15, -0.1) is 0 Å². The second kappa shape index (κ2) is 5.33. The Morgan fingerprint density at radius 3 is 2.74 bits per heavy atom. The Labute approximate surface area is 112 Å². The molecule has 4 unspecified atom stereocenters. The highest BCUT2D eigenvalue weighted by atomic mass is 16.5. The molecule has 106 valence electrons. The van der Waals surface area contributed by atoms with Gasteiger partial charge in [0, 0.05) is 23.8 Å². The lowest BCUT2D eigenvalue weighted by Crippen LogP contribution is -2.46. The lowest BCUT2D eigenvalue weighted by molar-refractivity contribution is -0.159. The number of aliphatic carboxylic acids is 1. The summed E-state index contributed by atoms with van der Waals surface area (Å²) in [5.74, 6) is -1.28. The first kappa shape index (κ1) is 14.1. The Bertz CT molecular complexity index is 426. The molecule has 0 radical (unpaired) electrons. The number of carbonyl (C=O) groups excluding carboxylic acids is 1. The van der Waals surface area contributed by atoms with Crippen molar-refractivity contribution in [3.05, 3.63) is 11.1 Å². The molecule has 1 heterocycles. The van der Waals surface area contributed by atoms with Crippen LogP contribution in [0.1, 0.15) is 39.5 Å². The molecule has 1 saturated carbocycles. The van der Waals surface area contributed by atoms with Gasteiger partial charge in [0.25, 0.3) is 0 Å². The van der Waals surface area contributed by atoms with Crippen LogP contribution < -0.4 is 0 Å². The Balaban J connectivity index is 2.21. The number of hydrogen-bond acceptors (Lipinski definition) is 4. The Morgan fingerprint density at radius 2 is 2.11 bits per heavy atom. The first-order chi connectivity index (χ1) is 8.91. The first-order valence-electron chi connectivity index (χ1n) is 6.72. The fourth-order valence-electron chi connectivity index (χ4n) is 3.13. The van der Waals surface area contributed by atoms with Gasteiger partial charge in [-0.05, 0) is 26.2 Å². The zero-order chi connectivity index (χ0) is 14.2. The van der Waals surface area contributed by atoms with E-state index in [1.54, 1.807) is 0 Å². The molecule has 0 bridgehead atoms. The maximum absolute atomic E-state index is 12.0. The van der Waals surface area contributed by atoms with Crippen LogP contribution in [0.2, 0.25) is 0 Å². The number of ether oxygens (including phenoxy) is 1. The number of aliphatic hydroxyl groups is 1. The molecule has 0 saturated heterocycles. The van der Waals surface area contributed by atoms with Crippen LogP contribution in [0.3, 0.4) is 0 Å². The summed E-state index contributed by atoms with van der Waals surface area (Å²) in [7, 11) is 0. The number of carboxylic acids is 1. The van der Waals surface area contributed by atoms with Crippen LogP contribution in [0, 0.1) is 11.8 Å². The largest absolute Gasteiger partial charge is 0.481 e. The predicted octanol–water partition coefficient (Wildman–Crippen LogP) is 1.50. The summed E-state index contributed by atoms with van der Waals surface area (Å²) in [6.45, 7) is 3.78. The van der Waals surface area contributed by atoms with E-state index in [0.29, 0.717) is 12.0 Å². The number of fused-ring (bicyclic) bond motifs is 1. The van der Waals surface area contributed by atoms with Crippen LogP contribution in [-0.4, -0.2) is 34.4 Å². The minimum atomic E-state index is -0.914. The third kappa shape index (κ3) is 2.66. The van der Waals surface area contributed by atoms with E-state index in [0.717, 1.165) is 12.0 Å². The van der Waals surface area contributed by atoms with Gasteiger partial charge in [-0.25, -0.2) is 4.79 Å². The van der Waals surface area contributed by atoms with Gasteiger partial charge in [0.05, 0.1) is 6.10 Å². The summed E-state index contributed by atoms with van der Waals surface area (Å²) in [6, 6.07) is 0. The third-order valence-electron chi connectivity index (χ3n) is 4.41. The second-order valence-corrected chi connectivity index (χ2v) is 5.54. The molecule has 4 atom stereocenters. The van der Waals surface area contributed by atoms with Crippen molar-refractivity contribution in [2.24, 2.45) is 11.8 Å². The molecule has 2 rings (SSSR count). The normalized spacial score (nSPS) is 34.8. The molecule has 1 aliphatic heterocycles. The highest BCUT2D eigenvalue weighted by Gasteiger charge is 2.43. The summed E-state index contributed by atoms with van der Waals surface area (Å²) in [5.41, 5.74) is 1.45. The fraction of sp³-hybridized carbons (Fsp3) is 0.714. The molecular weight excluding hydrogens is 248 g/mol. The molecule has 5 heteroatoms. The van der Waals surface area contributed by atoms with Crippen molar-refractivity contribution in [1.82, 2.24) is 0 Å². The SMILES string of the molecule is CC1=C(CCC(=O)O)C(=O)OC2C1CCC(O)C2C. The average Bonchev–Trinajstić information content (AvgIpc) is 2.34. The predicted molar refractivity (Wildman–Crippen MR) is 67.3 cm³/mol. The van der Waals surface area contributed by atoms with Gasteiger partial charge < -0.3 is 14.9 Å². The maximum Gasteiger partial charge on any atom is 0.334 e. The van der Waals surface area contributed by atoms with Gasteiger partial charge in [0.2, 0.25) is 0 Å². The molecular formula is C14H20O5. The lowest BCUT2D eigenvalue weighted by Gasteiger charge is -2.42. The molecule has 0 aromatic heterocycles. The summed E-state index contributed by atoms with van der Waals surface area (Å²) in [6.07, 6.45) is 0.944. The second-order valence-electron chi connectivity index (χ2n) is 5.54. The van der Waals surface area contributed by atoms with Crippen molar-refractivity contribution in [2.45, 2.75) is 51.7 Å². The monoisotopic (exact) mass is 268 g/mol. The summed E-state index contributed by atoms with van der Waals surface area (Å²) in [4.78, 5) is 22.6. The van der Waals surface area contributed by atoms with Crippen LogP contribution in [0.4, 0.5) is 0 Å². The van der Waals surface area contributed by atoms with Gasteiger partial charge in [-0.2, -0.15) is 0 Å². The topological polar surface area (TPSA) is 83.8 Å². The Hall–Kier alpha value is -1.36. The minimum Gasteiger partial charge on any atom is -0.481 e. The molecule has 0 spiro atoms. The number of carbonyl (C=O) groups is 2. The van der Waals surface area contributed by atoms with Crippen molar-refractivity contribution < 1.29 is 24.5 Å². The van der Waals surface area contributed by atoms with Gasteiger partial charge in [0.15, 0.2) is 0 Å². The quantitative estimate of drug-likeness (QED) is 0.758. The minimum absolute atomic E-state index is 0.0582. The van der Waals surface area contributed by atoms with E-state index in [9.17, 15) is 14.7 Å². The van der Waals surface area contributed by atoms with E-state index in [1.807, 2.05) is 13.8 Å². The number of carboxylic acid groups (broad SMARTS) is 1. The molecule has 1 fully saturated rings. The molecule has 0 amide bonds. The van der Waals surface area contributed by atoms with Gasteiger partial charge in [0.1, 0.15) is 6.10 Å². The van der Waals surface area contributed by atoms with Crippen molar-refractivity contribution >= 4 is 11.9 Å². The summed E-state index contributed by atoms with van der Waals surface area (Å²) >= 11 is 0. The fourth-order valence-corrected chi connectivity index (χ4v) is 3.13. The highest BCUT2D eigenvalue weighted by Crippen LogP contribution is 2.41. The third-order valence-corrected chi connectivity index (χ3v) is 4.41. The summed E-state index contributed by atoms with van der Waals surface area (Å²) < 4.78 is 5.44. The number of aliphatic hydroxyl groups excluding tert-OH is 1. The van der Waals surface area contributed by atoms with Gasteiger partial charge in [-0.1, -0.05) is 12.5 Å². The highest BCUT2D eigenvalue weighted by molar-refractivity contribution is 5.91. The molecule has 5 nitrogen and oxygen atoms in total. The maximum atomic E-state index is 12.0. The van der Waals surface area contributed by atoms with E-state index < -0.39 is 18.0 Å². The van der Waals surface area contributed by atoms with E-state index in [-0.39, 0.29) is 30.8 Å². The van der Waals surface area contributed by atoms with E-state index in [4.69, 9.17) is 9.84 Å². The number of esters is 1. The molecule has 2 aliphatic rings. The summed E-state index contributed by atoms with van der Waals surface area (Å²) in [5, 5.41) is 18.6. The van der Waals surface area contributed by atoms with Crippen LogP contribution in [0.25, 0.3) is 0 Å².